The lowest BCUT2D eigenvalue weighted by atomic mass is 10.4. The highest BCUT2D eigenvalue weighted by Crippen LogP contribution is 2.31. The molecule has 1 heterocycles. The van der Waals surface area contributed by atoms with Crippen molar-refractivity contribution in [3.8, 4) is 0 Å². The Morgan fingerprint density at radius 1 is 0.846 bits per heavy atom. The van der Waals surface area contributed by atoms with Crippen LogP contribution < -0.4 is 0 Å². The molecule has 1 aliphatic rings. The van der Waals surface area contributed by atoms with Crippen molar-refractivity contribution in [3.05, 3.63) is 11.8 Å². The van der Waals surface area contributed by atoms with Crippen molar-refractivity contribution in [1.29, 1.82) is 0 Å². The lowest BCUT2D eigenvalue weighted by Gasteiger charge is -2.20. The predicted octanol–water partition coefficient (Wildman–Crippen LogP) is 1.02. The zero-order valence-electron chi connectivity index (χ0n) is 9.21. The van der Waals surface area contributed by atoms with Crippen LogP contribution in [0, 0.1) is 0 Å². The highest BCUT2D eigenvalue weighted by Gasteiger charge is 2.36. The SMILES string of the molecule is CN(C)C1=C(N(C)C)OC(C)(C)O1. The fourth-order valence-electron chi connectivity index (χ4n) is 1.14. The monoisotopic (exact) mass is 186 g/mol. The molecule has 1 rings (SSSR count). The summed E-state index contributed by atoms with van der Waals surface area (Å²) in [5.41, 5.74) is 0. The van der Waals surface area contributed by atoms with Crippen molar-refractivity contribution in [3.63, 3.8) is 0 Å². The van der Waals surface area contributed by atoms with Crippen LogP contribution in [0.15, 0.2) is 11.8 Å². The lowest BCUT2D eigenvalue weighted by molar-refractivity contribution is -0.139. The van der Waals surface area contributed by atoms with Gasteiger partial charge in [0.05, 0.1) is 0 Å². The average Bonchev–Trinajstić information content (AvgIpc) is 2.26. The Morgan fingerprint density at radius 2 is 1.15 bits per heavy atom. The van der Waals surface area contributed by atoms with Crippen molar-refractivity contribution >= 4 is 0 Å². The molecule has 0 saturated carbocycles. The Kier molecular flexibility index (Phi) is 2.32. The van der Waals surface area contributed by atoms with Crippen LogP contribution in [0.4, 0.5) is 0 Å². The molecule has 0 N–H and O–H groups in total. The first kappa shape index (κ1) is 10.0. The van der Waals surface area contributed by atoms with Gasteiger partial charge in [-0.25, -0.2) is 0 Å². The molecule has 0 bridgehead atoms. The van der Waals surface area contributed by atoms with Crippen molar-refractivity contribution in [2.75, 3.05) is 28.2 Å². The van der Waals surface area contributed by atoms with Crippen molar-refractivity contribution in [2.24, 2.45) is 0 Å². The molecule has 0 saturated heterocycles. The van der Waals surface area contributed by atoms with Crippen molar-refractivity contribution < 1.29 is 9.47 Å². The van der Waals surface area contributed by atoms with Gasteiger partial charge in [-0.3, -0.25) is 0 Å². The highest BCUT2D eigenvalue weighted by molar-refractivity contribution is 5.04. The molecule has 76 valence electrons. The minimum atomic E-state index is -0.556. The van der Waals surface area contributed by atoms with Gasteiger partial charge in [-0.1, -0.05) is 0 Å². The van der Waals surface area contributed by atoms with E-state index in [1.54, 1.807) is 0 Å². The van der Waals surface area contributed by atoms with Crippen molar-refractivity contribution in [1.82, 2.24) is 9.80 Å². The Hall–Kier alpha value is -1.06. The van der Waals surface area contributed by atoms with E-state index in [1.807, 2.05) is 51.8 Å². The summed E-state index contributed by atoms with van der Waals surface area (Å²) in [4.78, 5) is 3.81. The van der Waals surface area contributed by atoms with Gasteiger partial charge in [0.2, 0.25) is 5.79 Å². The standard InChI is InChI=1S/C9H18N2O2/c1-9(2)12-7(10(3)4)8(13-9)11(5)6/h1-6H3. The molecule has 0 atom stereocenters. The molecule has 0 aromatic rings. The second kappa shape index (κ2) is 3.01. The van der Waals surface area contributed by atoms with Gasteiger partial charge in [0.1, 0.15) is 0 Å². The van der Waals surface area contributed by atoms with Gasteiger partial charge < -0.3 is 19.3 Å². The number of hydrogen-bond donors (Lipinski definition) is 0. The van der Waals surface area contributed by atoms with Crippen LogP contribution in [0.3, 0.4) is 0 Å². The normalized spacial score (nSPS) is 19.5. The summed E-state index contributed by atoms with van der Waals surface area (Å²) in [7, 11) is 7.74. The first-order valence-corrected chi connectivity index (χ1v) is 4.30. The molecular weight excluding hydrogens is 168 g/mol. The third-order valence-electron chi connectivity index (χ3n) is 1.68. The molecule has 0 amide bonds. The maximum atomic E-state index is 5.63. The minimum Gasteiger partial charge on any atom is -0.433 e. The summed E-state index contributed by atoms with van der Waals surface area (Å²) in [6.45, 7) is 3.79. The van der Waals surface area contributed by atoms with E-state index < -0.39 is 5.79 Å². The highest BCUT2D eigenvalue weighted by atomic mass is 16.7. The van der Waals surface area contributed by atoms with Crippen LogP contribution in [0.5, 0.6) is 0 Å². The molecule has 0 fully saturated rings. The lowest BCUT2D eigenvalue weighted by Crippen LogP contribution is -2.24. The molecule has 1 aliphatic heterocycles. The smallest absolute Gasteiger partial charge is 0.254 e. The quantitative estimate of drug-likeness (QED) is 0.643. The zero-order valence-corrected chi connectivity index (χ0v) is 9.21. The van der Waals surface area contributed by atoms with Crippen LogP contribution in [0.2, 0.25) is 0 Å². The van der Waals surface area contributed by atoms with E-state index in [2.05, 4.69) is 0 Å². The molecule has 0 unspecified atom stereocenters. The Morgan fingerprint density at radius 3 is 1.38 bits per heavy atom. The van der Waals surface area contributed by atoms with Crippen LogP contribution in [0.25, 0.3) is 0 Å². The Bertz CT molecular complexity index is 210. The minimum absolute atomic E-state index is 0.556. The third kappa shape index (κ3) is 1.99. The van der Waals surface area contributed by atoms with Gasteiger partial charge in [0.15, 0.2) is 0 Å². The van der Waals surface area contributed by atoms with Gasteiger partial charge in [0, 0.05) is 42.0 Å². The molecule has 4 heteroatoms. The summed E-state index contributed by atoms with van der Waals surface area (Å²) in [5.74, 6) is 0.990. The topological polar surface area (TPSA) is 24.9 Å². The average molecular weight is 186 g/mol. The first-order chi connectivity index (χ1) is 5.83. The molecule has 0 aromatic heterocycles. The third-order valence-corrected chi connectivity index (χ3v) is 1.68. The first-order valence-electron chi connectivity index (χ1n) is 4.30. The summed E-state index contributed by atoms with van der Waals surface area (Å²) in [6.07, 6.45) is 0. The molecule has 0 spiro atoms. The number of rotatable bonds is 2. The van der Waals surface area contributed by atoms with Gasteiger partial charge in [-0.15, -0.1) is 0 Å². The van der Waals surface area contributed by atoms with Crippen molar-refractivity contribution in [2.45, 2.75) is 19.6 Å². The Balaban J connectivity index is 2.90. The van der Waals surface area contributed by atoms with Crippen LogP contribution in [-0.2, 0) is 9.47 Å². The summed E-state index contributed by atoms with van der Waals surface area (Å²) >= 11 is 0. The largest absolute Gasteiger partial charge is 0.433 e. The van der Waals surface area contributed by atoms with Crippen LogP contribution >= 0.6 is 0 Å². The number of ether oxygens (including phenoxy) is 2. The zero-order chi connectivity index (χ0) is 10.2. The summed E-state index contributed by atoms with van der Waals surface area (Å²) < 4.78 is 11.3. The molecule has 4 nitrogen and oxygen atoms in total. The van der Waals surface area contributed by atoms with E-state index >= 15 is 0 Å². The second-order valence-corrected chi connectivity index (χ2v) is 4.00. The molecule has 0 radical (unpaired) electrons. The summed E-state index contributed by atoms with van der Waals surface area (Å²) in [6, 6.07) is 0. The van der Waals surface area contributed by atoms with E-state index in [1.165, 1.54) is 0 Å². The molecule has 0 aromatic carbocycles. The second-order valence-electron chi connectivity index (χ2n) is 4.00. The molecule has 0 aliphatic carbocycles. The van der Waals surface area contributed by atoms with E-state index in [0.29, 0.717) is 0 Å². The van der Waals surface area contributed by atoms with Gasteiger partial charge in [-0.2, -0.15) is 0 Å². The fraction of sp³-hybridized carbons (Fsp3) is 0.778. The van der Waals surface area contributed by atoms with Gasteiger partial charge >= 0.3 is 0 Å². The molecule has 13 heavy (non-hydrogen) atoms. The maximum Gasteiger partial charge on any atom is 0.254 e. The number of hydrogen-bond acceptors (Lipinski definition) is 4. The Labute approximate surface area is 79.7 Å². The number of nitrogens with zero attached hydrogens (tertiary/aromatic N) is 2. The van der Waals surface area contributed by atoms with Gasteiger partial charge in [0.25, 0.3) is 11.8 Å². The fourth-order valence-corrected chi connectivity index (χ4v) is 1.14. The van der Waals surface area contributed by atoms with E-state index in [-0.39, 0.29) is 0 Å². The molecular formula is C9H18N2O2. The maximum absolute atomic E-state index is 5.63. The van der Waals surface area contributed by atoms with E-state index in [4.69, 9.17) is 9.47 Å². The van der Waals surface area contributed by atoms with Crippen LogP contribution in [0.1, 0.15) is 13.8 Å². The summed E-state index contributed by atoms with van der Waals surface area (Å²) in [5, 5.41) is 0. The van der Waals surface area contributed by atoms with Gasteiger partial charge in [-0.05, 0) is 0 Å². The predicted molar refractivity (Wildman–Crippen MR) is 50.6 cm³/mol. The van der Waals surface area contributed by atoms with Crippen LogP contribution in [-0.4, -0.2) is 43.8 Å². The van der Waals surface area contributed by atoms with E-state index in [9.17, 15) is 0 Å². The van der Waals surface area contributed by atoms with E-state index in [0.717, 1.165) is 11.8 Å².